The summed E-state index contributed by atoms with van der Waals surface area (Å²) in [6, 6.07) is 7.90. The monoisotopic (exact) mass is 385 g/mol. The van der Waals surface area contributed by atoms with Crippen molar-refractivity contribution in [1.82, 2.24) is 20.1 Å². The fraction of sp³-hybridized carbons (Fsp3) is 0.550. The second kappa shape index (κ2) is 8.28. The minimum atomic E-state index is -0.105. The van der Waals surface area contributed by atoms with Crippen LogP contribution < -0.4 is 10.2 Å². The smallest absolute Gasteiger partial charge is 0.253 e. The molecule has 150 valence electrons. The van der Waals surface area contributed by atoms with Crippen LogP contribution in [-0.4, -0.2) is 58.1 Å². The molecule has 8 heteroatoms. The van der Waals surface area contributed by atoms with Gasteiger partial charge in [-0.25, -0.2) is 0 Å². The Morgan fingerprint density at radius 3 is 2.71 bits per heavy atom. The molecule has 1 amide bonds. The van der Waals surface area contributed by atoms with Crippen molar-refractivity contribution in [2.24, 2.45) is 0 Å². The normalized spacial score (nSPS) is 22.0. The Labute approximate surface area is 164 Å². The molecule has 4 rings (SSSR count). The molecule has 1 saturated carbocycles. The summed E-state index contributed by atoms with van der Waals surface area (Å²) in [7, 11) is 0. The number of hydrogen-bond acceptors (Lipinski definition) is 6. The molecule has 0 bridgehead atoms. The zero-order chi connectivity index (χ0) is 19.5. The molecule has 2 fully saturated rings. The van der Waals surface area contributed by atoms with Gasteiger partial charge in [0, 0.05) is 37.3 Å². The number of anilines is 1. The molecule has 2 aromatic rings. The van der Waals surface area contributed by atoms with E-state index in [9.17, 15) is 9.90 Å². The molecule has 28 heavy (non-hydrogen) atoms. The van der Waals surface area contributed by atoms with Crippen LogP contribution in [0, 0.1) is 0 Å². The highest BCUT2D eigenvalue weighted by atomic mass is 16.5. The van der Waals surface area contributed by atoms with Crippen LogP contribution in [0.5, 0.6) is 0 Å². The minimum absolute atomic E-state index is 0.0291. The minimum Gasteiger partial charge on any atom is -0.388 e. The molecule has 0 radical (unpaired) electrons. The lowest BCUT2D eigenvalue weighted by Crippen LogP contribution is -2.45. The summed E-state index contributed by atoms with van der Waals surface area (Å²) in [5.41, 5.74) is 1.68. The van der Waals surface area contributed by atoms with Crippen molar-refractivity contribution in [3.05, 3.63) is 41.5 Å². The molecule has 1 aromatic heterocycles. The molecule has 8 nitrogen and oxygen atoms in total. The third-order valence-corrected chi connectivity index (χ3v) is 5.65. The fourth-order valence-electron chi connectivity index (χ4n) is 4.07. The van der Waals surface area contributed by atoms with Crippen LogP contribution in [0.1, 0.15) is 47.7 Å². The number of aromatic nitrogens is 3. The molecule has 0 atom stereocenters. The average Bonchev–Trinajstić information content (AvgIpc) is 3.13. The standard InChI is InChI=1S/C20H27N5O3/c1-2-25-18(13-26)22-23-19(25)14-11-15(12-14)21-20(27)16-5-3-4-6-17(16)24-7-9-28-10-8-24/h3-6,14-15,26H,2,7-13H2,1H3,(H,21,27). The van der Waals surface area contributed by atoms with E-state index in [4.69, 9.17) is 4.74 Å². The highest BCUT2D eigenvalue weighted by Crippen LogP contribution is 2.36. The Hall–Kier alpha value is -2.45. The highest BCUT2D eigenvalue weighted by molar-refractivity contribution is 6.00. The Morgan fingerprint density at radius 1 is 1.25 bits per heavy atom. The fourth-order valence-corrected chi connectivity index (χ4v) is 4.07. The number of para-hydroxylation sites is 1. The van der Waals surface area contributed by atoms with Gasteiger partial charge in [-0.2, -0.15) is 0 Å². The Morgan fingerprint density at radius 2 is 2.00 bits per heavy atom. The topological polar surface area (TPSA) is 92.5 Å². The van der Waals surface area contributed by atoms with Crippen molar-refractivity contribution in [2.75, 3.05) is 31.2 Å². The van der Waals surface area contributed by atoms with Gasteiger partial charge >= 0.3 is 0 Å². The molecule has 0 unspecified atom stereocenters. The van der Waals surface area contributed by atoms with Crippen molar-refractivity contribution >= 4 is 11.6 Å². The van der Waals surface area contributed by atoms with E-state index in [1.807, 2.05) is 35.8 Å². The first-order valence-corrected chi connectivity index (χ1v) is 9.96. The number of rotatable bonds is 6. The van der Waals surface area contributed by atoms with Crippen LogP contribution in [0.2, 0.25) is 0 Å². The molecule has 2 heterocycles. The largest absolute Gasteiger partial charge is 0.388 e. The number of aliphatic hydroxyl groups is 1. The van der Waals surface area contributed by atoms with Gasteiger partial charge in [-0.05, 0) is 31.9 Å². The number of carbonyl (C=O) groups excluding carboxylic acids is 1. The van der Waals surface area contributed by atoms with E-state index < -0.39 is 0 Å². The summed E-state index contributed by atoms with van der Waals surface area (Å²) >= 11 is 0. The van der Waals surface area contributed by atoms with Crippen LogP contribution >= 0.6 is 0 Å². The van der Waals surface area contributed by atoms with Crippen LogP contribution in [0.25, 0.3) is 0 Å². The molecule has 1 saturated heterocycles. The second-order valence-corrected chi connectivity index (χ2v) is 7.33. The maximum atomic E-state index is 12.9. The average molecular weight is 385 g/mol. The van der Waals surface area contributed by atoms with Gasteiger partial charge < -0.3 is 24.6 Å². The van der Waals surface area contributed by atoms with Crippen LogP contribution in [0.15, 0.2) is 24.3 Å². The Bertz CT molecular complexity index is 825. The number of carbonyl (C=O) groups is 1. The van der Waals surface area contributed by atoms with E-state index in [1.165, 1.54) is 0 Å². The van der Waals surface area contributed by atoms with E-state index in [-0.39, 0.29) is 24.5 Å². The van der Waals surface area contributed by atoms with E-state index in [0.29, 0.717) is 24.6 Å². The summed E-state index contributed by atoms with van der Waals surface area (Å²) in [6.45, 7) is 5.63. The highest BCUT2D eigenvalue weighted by Gasteiger charge is 2.35. The predicted molar refractivity (Wildman–Crippen MR) is 104 cm³/mol. The van der Waals surface area contributed by atoms with Crippen molar-refractivity contribution in [3.8, 4) is 0 Å². The van der Waals surface area contributed by atoms with E-state index in [1.54, 1.807) is 0 Å². The Balaban J connectivity index is 1.39. The van der Waals surface area contributed by atoms with Crippen LogP contribution in [-0.2, 0) is 17.9 Å². The lowest BCUT2D eigenvalue weighted by Gasteiger charge is -2.36. The molecule has 2 N–H and O–H groups in total. The van der Waals surface area contributed by atoms with Gasteiger partial charge in [0.1, 0.15) is 12.4 Å². The first-order chi connectivity index (χ1) is 13.7. The molecular formula is C20H27N5O3. The molecule has 1 aliphatic carbocycles. The maximum Gasteiger partial charge on any atom is 0.253 e. The molecular weight excluding hydrogens is 358 g/mol. The zero-order valence-electron chi connectivity index (χ0n) is 16.2. The Kier molecular flexibility index (Phi) is 5.59. The van der Waals surface area contributed by atoms with Crippen LogP contribution in [0.3, 0.4) is 0 Å². The first-order valence-electron chi connectivity index (χ1n) is 9.96. The van der Waals surface area contributed by atoms with Gasteiger partial charge in [0.15, 0.2) is 5.82 Å². The third-order valence-electron chi connectivity index (χ3n) is 5.65. The van der Waals surface area contributed by atoms with Crippen molar-refractivity contribution in [3.63, 3.8) is 0 Å². The van der Waals surface area contributed by atoms with Crippen LogP contribution in [0.4, 0.5) is 5.69 Å². The quantitative estimate of drug-likeness (QED) is 0.779. The summed E-state index contributed by atoms with van der Waals surface area (Å²) in [5, 5.41) is 20.9. The summed E-state index contributed by atoms with van der Waals surface area (Å²) in [5.74, 6) is 1.75. The summed E-state index contributed by atoms with van der Waals surface area (Å²) in [6.07, 6.45) is 1.68. The van der Waals surface area contributed by atoms with Gasteiger partial charge in [0.2, 0.25) is 0 Å². The number of aliphatic hydroxyl groups excluding tert-OH is 1. The van der Waals surface area contributed by atoms with E-state index in [0.717, 1.165) is 44.0 Å². The summed E-state index contributed by atoms with van der Waals surface area (Å²) < 4.78 is 7.39. The van der Waals surface area contributed by atoms with E-state index >= 15 is 0 Å². The molecule has 2 aliphatic rings. The summed E-state index contributed by atoms with van der Waals surface area (Å²) in [4.78, 5) is 15.1. The van der Waals surface area contributed by atoms with Gasteiger partial charge in [0.05, 0.1) is 18.8 Å². The lowest BCUT2D eigenvalue weighted by atomic mass is 9.79. The number of morpholine rings is 1. The molecule has 1 aliphatic heterocycles. The SMILES string of the molecule is CCn1c(CO)nnc1C1CC(NC(=O)c2ccccc2N2CCOCC2)C1. The number of ether oxygens (including phenoxy) is 1. The van der Waals surface area contributed by atoms with Gasteiger partial charge in [0.25, 0.3) is 5.91 Å². The number of amides is 1. The van der Waals surface area contributed by atoms with Gasteiger partial charge in [-0.3, -0.25) is 4.79 Å². The van der Waals surface area contributed by atoms with E-state index in [2.05, 4.69) is 20.4 Å². The predicted octanol–water partition coefficient (Wildman–Crippen LogP) is 1.30. The lowest BCUT2D eigenvalue weighted by molar-refractivity contribution is 0.0905. The first kappa shape index (κ1) is 18.9. The van der Waals surface area contributed by atoms with Crippen molar-refractivity contribution < 1.29 is 14.6 Å². The maximum absolute atomic E-state index is 12.9. The number of benzene rings is 1. The number of hydrogen-bond donors (Lipinski definition) is 2. The number of nitrogens with zero attached hydrogens (tertiary/aromatic N) is 4. The zero-order valence-corrected chi connectivity index (χ0v) is 16.2. The number of nitrogens with one attached hydrogen (secondary N) is 1. The molecule has 0 spiro atoms. The van der Waals surface area contributed by atoms with Gasteiger partial charge in [-0.15, -0.1) is 10.2 Å². The van der Waals surface area contributed by atoms with Crippen molar-refractivity contribution in [1.29, 1.82) is 0 Å². The van der Waals surface area contributed by atoms with Gasteiger partial charge in [-0.1, -0.05) is 12.1 Å². The second-order valence-electron chi connectivity index (χ2n) is 7.33. The molecule has 1 aromatic carbocycles. The van der Waals surface area contributed by atoms with Crippen molar-refractivity contribution in [2.45, 2.75) is 44.9 Å². The third kappa shape index (κ3) is 3.62.